The Morgan fingerprint density at radius 1 is 0.203 bits per heavy atom. The minimum Gasteiger partial charge on any atom is -0.461 e. The van der Waals surface area contributed by atoms with Gasteiger partial charge in [0.1, 0.15) is 39.6 Å². The molecule has 1 aliphatic rings. The summed E-state index contributed by atoms with van der Waals surface area (Å²) in [6.45, 7) is 48.4. The van der Waals surface area contributed by atoms with Crippen LogP contribution in [-0.2, 0) is 71.6 Å². The fraction of sp³-hybridized carbons (Fsp3) is 0.718. The Morgan fingerprint density at radius 3 is 0.514 bits per heavy atom. The molecule has 0 saturated heterocycles. The molecule has 0 aromatic rings. The lowest BCUT2D eigenvalue weighted by Crippen LogP contribution is -2.45. The number of nitrogens with one attached hydrogen (secondary N) is 3. The number of unbranched alkanes of at least 4 members (excludes halogenated alkanes) is 15. The summed E-state index contributed by atoms with van der Waals surface area (Å²) >= 11 is 0. The summed E-state index contributed by atoms with van der Waals surface area (Å²) in [4.78, 5) is 127. The monoisotopic (exact) mass is 1930 g/mol. The summed E-state index contributed by atoms with van der Waals surface area (Å²) < 4.78 is 33.5. The molecule has 0 spiro atoms. The van der Waals surface area contributed by atoms with Crippen LogP contribution in [0.3, 0.4) is 0 Å². The Morgan fingerprint density at radius 2 is 0.355 bits per heavy atom. The molecule has 0 radical (unpaired) electrons. The highest BCUT2D eigenvalue weighted by molar-refractivity contribution is 5.86. The van der Waals surface area contributed by atoms with Crippen molar-refractivity contribution in [2.24, 2.45) is 17.8 Å². The van der Waals surface area contributed by atoms with Crippen LogP contribution in [0, 0.1) is 17.8 Å². The number of carbonyl (C=O) groups excluding carboxylic acids is 9. The van der Waals surface area contributed by atoms with Crippen LogP contribution < -0.4 is 16.0 Å². The van der Waals surface area contributed by atoms with Crippen LogP contribution in [0.15, 0.2) is 140 Å². The second kappa shape index (κ2) is 85.7. The number of amides is 3. The van der Waals surface area contributed by atoms with E-state index in [1.807, 2.05) is 36.5 Å². The van der Waals surface area contributed by atoms with Gasteiger partial charge in [-0.05, 0) is 432 Å². The molecule has 21 heteroatoms. The first kappa shape index (κ1) is 128. The lowest BCUT2D eigenvalue weighted by molar-refractivity contribution is -0.143. The molecule has 3 N–H and O–H groups in total. The van der Waals surface area contributed by atoms with E-state index in [1.165, 1.54) is 66.9 Å². The van der Waals surface area contributed by atoms with E-state index in [2.05, 4.69) is 192 Å². The van der Waals surface area contributed by atoms with Gasteiger partial charge in [0.25, 0.3) is 0 Å². The third-order valence-electron chi connectivity index (χ3n) is 25.2. The predicted octanol–water partition coefficient (Wildman–Crippen LogP) is 26.4. The third kappa shape index (κ3) is 80.6. The Hall–Kier alpha value is -8.01. The zero-order valence-corrected chi connectivity index (χ0v) is 90.7. The first-order valence-electron chi connectivity index (χ1n) is 53.9. The van der Waals surface area contributed by atoms with Crippen molar-refractivity contribution in [3.8, 4) is 0 Å². The lowest BCUT2D eigenvalue weighted by atomic mass is 9.74. The van der Waals surface area contributed by atoms with Crippen molar-refractivity contribution in [2.45, 2.75) is 414 Å². The minimum atomic E-state index is -0.511. The summed E-state index contributed by atoms with van der Waals surface area (Å²) in [6.07, 6.45) is 60.3. The average Bonchev–Trinajstić information content (AvgIpc) is 0.824. The van der Waals surface area contributed by atoms with Crippen molar-refractivity contribution in [1.29, 1.82) is 0 Å². The normalized spacial score (nSPS) is 14.3. The van der Waals surface area contributed by atoms with Crippen molar-refractivity contribution < 1.29 is 71.6 Å². The van der Waals surface area contributed by atoms with Gasteiger partial charge in [-0.25, -0.2) is 0 Å². The highest BCUT2D eigenvalue weighted by Crippen LogP contribution is 2.35. The van der Waals surface area contributed by atoms with Gasteiger partial charge in [-0.15, -0.1) is 0 Å². The van der Waals surface area contributed by atoms with Crippen LogP contribution in [0.1, 0.15) is 414 Å². The van der Waals surface area contributed by atoms with Gasteiger partial charge >= 0.3 is 35.8 Å². The SMILES string of the molecule is CC(C)=CCC/C(C)=C/COC(=O)CCCCN(CCCCCCNC(=O)C1CC(C(=O)NCCCCCCN(CCCCC(=O)OC/C=C(\C)CCC=C(C)C)CCCCC(=O)OC/C=C(\C)CCC=C(C)C)CC(C(=O)NCCCCCCN(CCCCC(=O)OC/C=C(\C)CCC=C(C)C)CCCCC(=O)OC/C=C(\C)CCC=C(C)C)C1)CCCCC(=O)OC/C=C(\C)CCC=C(C)C. The van der Waals surface area contributed by atoms with Crippen molar-refractivity contribution in [2.75, 3.05) is 118 Å². The molecule has 0 aromatic carbocycles. The molecular weight excluding hydrogens is 1730 g/mol. The fourth-order valence-corrected chi connectivity index (χ4v) is 16.3. The maximum absolute atomic E-state index is 14.4. The van der Waals surface area contributed by atoms with Gasteiger partial charge in [0, 0.05) is 75.9 Å². The predicted molar refractivity (Wildman–Crippen MR) is 571 cm³/mol. The quantitative estimate of drug-likeness (QED) is 0.0221. The van der Waals surface area contributed by atoms with Crippen LogP contribution in [0.25, 0.3) is 0 Å². The Kier molecular flexibility index (Phi) is 79.5. The fourth-order valence-electron chi connectivity index (χ4n) is 16.3. The van der Waals surface area contributed by atoms with E-state index in [0.29, 0.717) is 77.4 Å². The Bertz CT molecular complexity index is 3190. The van der Waals surface area contributed by atoms with Crippen LogP contribution in [0.5, 0.6) is 0 Å². The van der Waals surface area contributed by atoms with Crippen molar-refractivity contribution in [1.82, 2.24) is 30.7 Å². The second-order valence-corrected chi connectivity index (χ2v) is 40.5. The number of esters is 6. The molecule has 0 aliphatic heterocycles. The van der Waals surface area contributed by atoms with E-state index in [0.717, 1.165) is 290 Å². The number of carbonyl (C=O) groups is 9. The first-order chi connectivity index (χ1) is 66.2. The van der Waals surface area contributed by atoms with Gasteiger partial charge in [0.15, 0.2) is 0 Å². The molecule has 786 valence electrons. The lowest BCUT2D eigenvalue weighted by Gasteiger charge is -2.33. The van der Waals surface area contributed by atoms with E-state index < -0.39 is 17.8 Å². The molecule has 1 aliphatic carbocycles. The van der Waals surface area contributed by atoms with Crippen LogP contribution in [0.4, 0.5) is 0 Å². The molecule has 1 saturated carbocycles. The summed E-state index contributed by atoms with van der Waals surface area (Å²) in [6, 6.07) is 0. The summed E-state index contributed by atoms with van der Waals surface area (Å²) in [5.74, 6) is -3.01. The smallest absolute Gasteiger partial charge is 0.306 e. The maximum atomic E-state index is 14.4. The van der Waals surface area contributed by atoms with Gasteiger partial charge in [0.2, 0.25) is 17.7 Å². The van der Waals surface area contributed by atoms with Crippen molar-refractivity contribution >= 4 is 53.5 Å². The number of allylic oxidation sites excluding steroid dienone is 18. The van der Waals surface area contributed by atoms with E-state index >= 15 is 0 Å². The number of nitrogens with zero attached hydrogens (tertiary/aromatic N) is 3. The second-order valence-electron chi connectivity index (χ2n) is 40.5. The third-order valence-corrected chi connectivity index (χ3v) is 25.2. The zero-order chi connectivity index (χ0) is 102. The standard InChI is InChI=1S/C117H198N6O15/c1-94(2)49-43-55-100(13)67-85-133-109(124)61-25-37-79-121(80-38-26-62-110(125)134-86-68-101(14)56-44-50-95(3)4)76-34-22-19-31-73-118-115(130)106-91-107(116(131)119-74-32-20-23-35-77-122(81-39-27-63-111(126)135-87-69-102(15)57-45-51-96(5)6)82-40-28-64-112(127)136-88-70-103(16)58-46-52-97(7)8)93-108(92-106)117(132)120-75-33-21-24-36-78-123(83-41-29-65-113(128)137-89-71-104(17)59-47-53-98(9)10)84-42-30-66-114(129)138-90-72-105(18)60-48-54-99(11)12/h49-54,67-72,106-108H,19-48,55-66,73-93H2,1-18H3,(H,118,130)(H,119,131)(H,120,132)/b100-67+,101-68+,102-69+,103-70+,104-71+,105-72+. The molecular formula is C117H198N6O15. The summed E-state index contributed by atoms with van der Waals surface area (Å²) in [5.41, 5.74) is 15.0. The summed E-state index contributed by atoms with van der Waals surface area (Å²) in [5, 5.41) is 9.68. The number of hydrogen-bond acceptors (Lipinski definition) is 18. The number of ether oxygens (including phenoxy) is 6. The Labute approximate surface area is 840 Å². The first-order valence-corrected chi connectivity index (χ1v) is 53.9. The van der Waals surface area contributed by atoms with Crippen LogP contribution in [-0.4, -0.2) is 186 Å². The topological polar surface area (TPSA) is 255 Å². The number of hydrogen-bond donors (Lipinski definition) is 3. The number of rotatable bonds is 84. The maximum Gasteiger partial charge on any atom is 0.306 e. The van der Waals surface area contributed by atoms with Gasteiger partial charge in [-0.2, -0.15) is 0 Å². The minimum absolute atomic E-state index is 0.120. The van der Waals surface area contributed by atoms with E-state index in [4.69, 9.17) is 28.4 Å². The molecule has 0 unspecified atom stereocenters. The largest absolute Gasteiger partial charge is 0.461 e. The summed E-state index contributed by atoms with van der Waals surface area (Å²) in [7, 11) is 0. The molecule has 0 bridgehead atoms. The molecule has 0 aromatic heterocycles. The molecule has 1 rings (SSSR count). The highest BCUT2D eigenvalue weighted by Gasteiger charge is 2.39. The molecule has 0 atom stereocenters. The highest BCUT2D eigenvalue weighted by atomic mass is 16.6. The van der Waals surface area contributed by atoms with Crippen molar-refractivity contribution in [3.63, 3.8) is 0 Å². The van der Waals surface area contributed by atoms with Gasteiger partial charge in [-0.1, -0.05) is 142 Å². The molecule has 1 fully saturated rings. The van der Waals surface area contributed by atoms with E-state index in [-0.39, 0.29) is 93.2 Å². The van der Waals surface area contributed by atoms with Crippen molar-refractivity contribution in [3.05, 3.63) is 140 Å². The molecule has 138 heavy (non-hydrogen) atoms. The van der Waals surface area contributed by atoms with E-state index in [1.54, 1.807) is 0 Å². The molecule has 0 heterocycles. The zero-order valence-electron chi connectivity index (χ0n) is 90.7. The molecule has 3 amide bonds. The molecule has 21 nitrogen and oxygen atoms in total. The van der Waals surface area contributed by atoms with Gasteiger partial charge in [-0.3, -0.25) is 43.2 Å². The average molecular weight is 1930 g/mol. The van der Waals surface area contributed by atoms with Gasteiger partial charge < -0.3 is 59.1 Å². The Balaban J connectivity index is 3.26. The van der Waals surface area contributed by atoms with Crippen LogP contribution in [0.2, 0.25) is 0 Å². The van der Waals surface area contributed by atoms with E-state index in [9.17, 15) is 43.2 Å². The van der Waals surface area contributed by atoms with Gasteiger partial charge in [0.05, 0.1) is 0 Å². The van der Waals surface area contributed by atoms with Crippen LogP contribution >= 0.6 is 0 Å².